The minimum Gasteiger partial charge on any atom is -0.341 e. The molecule has 0 radical (unpaired) electrons. The summed E-state index contributed by atoms with van der Waals surface area (Å²) in [6, 6.07) is 0. The Morgan fingerprint density at radius 2 is 2.31 bits per heavy atom. The largest absolute Gasteiger partial charge is 0.341 e. The van der Waals surface area contributed by atoms with E-state index in [4.69, 9.17) is 11.6 Å². The van der Waals surface area contributed by atoms with Crippen molar-refractivity contribution in [2.75, 3.05) is 5.88 Å². The van der Waals surface area contributed by atoms with E-state index in [1.165, 1.54) is 6.33 Å². The van der Waals surface area contributed by atoms with Crippen LogP contribution in [0.1, 0.15) is 5.69 Å². The molecule has 0 saturated carbocycles. The van der Waals surface area contributed by atoms with E-state index >= 15 is 0 Å². The Morgan fingerprint density at radius 1 is 1.38 bits per heavy atom. The van der Waals surface area contributed by atoms with Crippen molar-refractivity contribution in [3.05, 3.63) is 24.4 Å². The molecule has 2 aromatic rings. The quantitative estimate of drug-likeness (QED) is 0.739. The summed E-state index contributed by atoms with van der Waals surface area (Å²) in [5.41, 5.74) is 2.32. The van der Waals surface area contributed by atoms with Gasteiger partial charge in [-0.1, -0.05) is 6.08 Å². The molecule has 0 saturated heterocycles. The first-order valence-corrected chi connectivity index (χ1v) is 4.32. The maximum atomic E-state index is 5.52. The monoisotopic (exact) mass is 194 g/mol. The molecule has 0 fully saturated rings. The maximum absolute atomic E-state index is 5.52. The Balaban J connectivity index is 2.54. The van der Waals surface area contributed by atoms with Crippen molar-refractivity contribution in [3.8, 4) is 0 Å². The van der Waals surface area contributed by atoms with E-state index in [9.17, 15) is 0 Å². The number of nitrogens with one attached hydrogen (secondary N) is 1. The number of nitrogens with zero attached hydrogens (tertiary/aromatic N) is 3. The van der Waals surface area contributed by atoms with E-state index in [2.05, 4.69) is 19.9 Å². The average molecular weight is 195 g/mol. The second kappa shape index (κ2) is 3.53. The Kier molecular flexibility index (Phi) is 2.23. The second-order valence-corrected chi connectivity index (χ2v) is 2.73. The van der Waals surface area contributed by atoms with Gasteiger partial charge in [-0.15, -0.1) is 11.6 Å². The number of imidazole rings is 1. The predicted octanol–water partition coefficient (Wildman–Crippen LogP) is 1.60. The van der Waals surface area contributed by atoms with Gasteiger partial charge in [0.1, 0.15) is 11.8 Å². The molecule has 0 unspecified atom stereocenters. The molecule has 66 valence electrons. The molecule has 2 aromatic heterocycles. The van der Waals surface area contributed by atoms with Crippen LogP contribution in [0.15, 0.2) is 18.7 Å². The summed E-state index contributed by atoms with van der Waals surface area (Å²) in [6.45, 7) is 0. The third-order valence-corrected chi connectivity index (χ3v) is 1.80. The Labute approximate surface area is 79.7 Å². The van der Waals surface area contributed by atoms with Gasteiger partial charge in [-0.25, -0.2) is 15.0 Å². The van der Waals surface area contributed by atoms with E-state index < -0.39 is 0 Å². The van der Waals surface area contributed by atoms with E-state index in [1.807, 2.05) is 12.2 Å². The smallest absolute Gasteiger partial charge is 0.181 e. The lowest BCUT2D eigenvalue weighted by atomic mass is 10.3. The number of allylic oxidation sites excluding steroid dienone is 1. The maximum Gasteiger partial charge on any atom is 0.181 e. The summed E-state index contributed by atoms with van der Waals surface area (Å²) in [5, 5.41) is 0. The van der Waals surface area contributed by atoms with Gasteiger partial charge in [0.05, 0.1) is 12.0 Å². The molecule has 4 nitrogen and oxygen atoms in total. The molecule has 0 bridgehead atoms. The van der Waals surface area contributed by atoms with Crippen molar-refractivity contribution in [2.45, 2.75) is 0 Å². The lowest BCUT2D eigenvalue weighted by Crippen LogP contribution is -1.86. The molecule has 0 aliphatic heterocycles. The van der Waals surface area contributed by atoms with Gasteiger partial charge in [-0.2, -0.15) is 0 Å². The molecule has 0 aliphatic rings. The van der Waals surface area contributed by atoms with Crippen LogP contribution in [0.25, 0.3) is 17.2 Å². The molecule has 0 aromatic carbocycles. The second-order valence-electron chi connectivity index (χ2n) is 2.42. The van der Waals surface area contributed by atoms with Crippen molar-refractivity contribution >= 4 is 28.8 Å². The van der Waals surface area contributed by atoms with Crippen LogP contribution in [0, 0.1) is 0 Å². The number of rotatable bonds is 2. The summed E-state index contributed by atoms with van der Waals surface area (Å²) in [6.07, 6.45) is 6.74. The number of hydrogen-bond acceptors (Lipinski definition) is 3. The van der Waals surface area contributed by atoms with E-state index in [0.29, 0.717) is 11.5 Å². The fourth-order valence-corrected chi connectivity index (χ4v) is 1.16. The van der Waals surface area contributed by atoms with Crippen LogP contribution < -0.4 is 0 Å². The Hall–Kier alpha value is -1.42. The average Bonchev–Trinajstić information content (AvgIpc) is 2.62. The van der Waals surface area contributed by atoms with Crippen molar-refractivity contribution in [2.24, 2.45) is 0 Å². The predicted molar refractivity (Wildman–Crippen MR) is 51.4 cm³/mol. The molecule has 2 rings (SSSR count). The van der Waals surface area contributed by atoms with Gasteiger partial charge in [-0.05, 0) is 6.08 Å². The van der Waals surface area contributed by atoms with Gasteiger partial charge < -0.3 is 4.98 Å². The first kappa shape index (κ1) is 8.19. The highest BCUT2D eigenvalue weighted by Gasteiger charge is 2.00. The number of hydrogen-bond donors (Lipinski definition) is 1. The SMILES string of the molecule is ClCC=Cc1ncnc2nc[nH]c12. The third-order valence-electron chi connectivity index (χ3n) is 1.62. The third kappa shape index (κ3) is 1.53. The number of halogens is 1. The number of fused-ring (bicyclic) bond motifs is 1. The zero-order chi connectivity index (χ0) is 9.10. The highest BCUT2D eigenvalue weighted by Crippen LogP contribution is 2.10. The van der Waals surface area contributed by atoms with E-state index in [1.54, 1.807) is 6.33 Å². The fourth-order valence-electron chi connectivity index (χ4n) is 1.07. The van der Waals surface area contributed by atoms with Crippen LogP contribution in [0.5, 0.6) is 0 Å². The number of aromatic amines is 1. The summed E-state index contributed by atoms with van der Waals surface area (Å²) in [5.74, 6) is 0.472. The molecule has 2 heterocycles. The Bertz CT molecular complexity index is 434. The lowest BCUT2D eigenvalue weighted by molar-refractivity contribution is 1.18. The molecular formula is C8H7ClN4. The summed E-state index contributed by atoms with van der Waals surface area (Å²) in [7, 11) is 0. The van der Waals surface area contributed by atoms with Gasteiger partial charge >= 0.3 is 0 Å². The molecule has 1 N–H and O–H groups in total. The standard InChI is InChI=1S/C8H7ClN4/c9-3-1-2-6-7-8(12-4-10-6)13-5-11-7/h1-2,4-5H,3H2,(H,10,11,12,13). The number of alkyl halides is 1. The van der Waals surface area contributed by atoms with Gasteiger partial charge in [0.2, 0.25) is 0 Å². The number of aromatic nitrogens is 4. The molecule has 0 aliphatic carbocycles. The van der Waals surface area contributed by atoms with Crippen LogP contribution in [-0.2, 0) is 0 Å². The molecule has 0 atom stereocenters. The van der Waals surface area contributed by atoms with Crippen molar-refractivity contribution in [1.29, 1.82) is 0 Å². The van der Waals surface area contributed by atoms with Crippen molar-refractivity contribution in [3.63, 3.8) is 0 Å². The summed E-state index contributed by atoms with van der Waals surface area (Å²) < 4.78 is 0. The lowest BCUT2D eigenvalue weighted by Gasteiger charge is -1.92. The van der Waals surface area contributed by atoms with Crippen molar-refractivity contribution in [1.82, 2.24) is 19.9 Å². The summed E-state index contributed by atoms with van der Waals surface area (Å²) >= 11 is 5.52. The van der Waals surface area contributed by atoms with Gasteiger partial charge in [-0.3, -0.25) is 0 Å². The number of H-pyrrole nitrogens is 1. The highest BCUT2D eigenvalue weighted by molar-refractivity contribution is 6.19. The van der Waals surface area contributed by atoms with E-state index in [-0.39, 0.29) is 0 Å². The zero-order valence-electron chi connectivity index (χ0n) is 6.74. The topological polar surface area (TPSA) is 54.5 Å². The minimum absolute atomic E-state index is 0.472. The normalized spacial score (nSPS) is 11.5. The molecule has 13 heavy (non-hydrogen) atoms. The van der Waals surface area contributed by atoms with Crippen LogP contribution in [0.2, 0.25) is 0 Å². The fraction of sp³-hybridized carbons (Fsp3) is 0.125. The van der Waals surface area contributed by atoms with Crippen LogP contribution in [0.3, 0.4) is 0 Å². The first-order valence-electron chi connectivity index (χ1n) is 3.78. The van der Waals surface area contributed by atoms with Gasteiger partial charge in [0, 0.05) is 5.88 Å². The van der Waals surface area contributed by atoms with Crippen LogP contribution in [0.4, 0.5) is 0 Å². The van der Waals surface area contributed by atoms with Crippen LogP contribution in [-0.4, -0.2) is 25.8 Å². The molecule has 5 heteroatoms. The minimum atomic E-state index is 0.472. The van der Waals surface area contributed by atoms with Gasteiger partial charge in [0.25, 0.3) is 0 Å². The van der Waals surface area contributed by atoms with Crippen LogP contribution >= 0.6 is 11.6 Å². The van der Waals surface area contributed by atoms with E-state index in [0.717, 1.165) is 11.2 Å². The molecule has 0 spiro atoms. The molecular weight excluding hydrogens is 188 g/mol. The highest BCUT2D eigenvalue weighted by atomic mass is 35.5. The Morgan fingerprint density at radius 3 is 3.15 bits per heavy atom. The van der Waals surface area contributed by atoms with Gasteiger partial charge in [0.15, 0.2) is 5.65 Å². The molecule has 0 amide bonds. The summed E-state index contributed by atoms with van der Waals surface area (Å²) in [4.78, 5) is 15.1. The van der Waals surface area contributed by atoms with Crippen molar-refractivity contribution < 1.29 is 0 Å². The zero-order valence-corrected chi connectivity index (χ0v) is 7.49. The first-order chi connectivity index (χ1) is 6.42.